The van der Waals surface area contributed by atoms with E-state index in [0.717, 1.165) is 6.26 Å². The molecular formula is C12H18N6O4. The Kier molecular flexibility index (Phi) is 4.96. The van der Waals surface area contributed by atoms with Gasteiger partial charge in [-0.25, -0.2) is 4.98 Å². The van der Waals surface area contributed by atoms with Crippen molar-refractivity contribution in [1.82, 2.24) is 19.5 Å². The molecule has 0 aromatic carbocycles. The number of methoxy groups -OCH3 is 2. The van der Waals surface area contributed by atoms with Crippen molar-refractivity contribution in [2.24, 2.45) is 0 Å². The number of imidazole rings is 1. The van der Waals surface area contributed by atoms with Crippen molar-refractivity contribution in [2.45, 2.75) is 6.10 Å². The molecule has 10 heteroatoms. The Morgan fingerprint density at radius 1 is 1.32 bits per heavy atom. The van der Waals surface area contributed by atoms with Crippen LogP contribution < -0.4 is 11.5 Å². The lowest BCUT2D eigenvalue weighted by Crippen LogP contribution is -2.25. The standard InChI is InChI=1S/C12H18N6O4/c1-20-4-7(5-21-2)22-8(3-19)18-6-15-9-10(13)16-12(14)17-11(9)18/h3,6-7,19H,4-5H2,1-2H3,(H4,13,14,16,17)/b8-3+. The van der Waals surface area contributed by atoms with Crippen LogP contribution >= 0.6 is 0 Å². The van der Waals surface area contributed by atoms with Crippen molar-refractivity contribution in [3.8, 4) is 0 Å². The molecule has 0 aliphatic rings. The lowest BCUT2D eigenvalue weighted by atomic mass is 10.4. The van der Waals surface area contributed by atoms with Crippen LogP contribution in [0.2, 0.25) is 0 Å². The van der Waals surface area contributed by atoms with Crippen LogP contribution in [-0.2, 0) is 14.2 Å². The average Bonchev–Trinajstić information content (AvgIpc) is 2.89. The monoisotopic (exact) mass is 310 g/mol. The molecule has 0 atom stereocenters. The molecule has 2 rings (SSSR count). The minimum Gasteiger partial charge on any atom is -0.510 e. The molecule has 0 fully saturated rings. The summed E-state index contributed by atoms with van der Waals surface area (Å²) in [6.07, 6.45) is 1.75. The largest absolute Gasteiger partial charge is 0.510 e. The maximum atomic E-state index is 9.46. The number of aromatic nitrogens is 4. The van der Waals surface area contributed by atoms with Crippen LogP contribution in [0.25, 0.3) is 17.0 Å². The second-order valence-electron chi connectivity index (χ2n) is 4.37. The SMILES string of the molecule is COCC(COC)O/C(=C/O)n1cnc2c(N)nc(N)nc21. The molecule has 0 unspecified atom stereocenters. The Balaban J connectivity index is 2.35. The van der Waals surface area contributed by atoms with Gasteiger partial charge >= 0.3 is 0 Å². The summed E-state index contributed by atoms with van der Waals surface area (Å²) >= 11 is 0. The number of hydrogen-bond acceptors (Lipinski definition) is 9. The molecule has 2 aromatic heterocycles. The number of ether oxygens (including phenoxy) is 3. The van der Waals surface area contributed by atoms with Crippen molar-refractivity contribution in [3.63, 3.8) is 0 Å². The molecule has 22 heavy (non-hydrogen) atoms. The van der Waals surface area contributed by atoms with Crippen LogP contribution in [0.15, 0.2) is 12.6 Å². The van der Waals surface area contributed by atoms with E-state index in [1.807, 2.05) is 0 Å². The normalized spacial score (nSPS) is 12.2. The van der Waals surface area contributed by atoms with Gasteiger partial charge in [0.15, 0.2) is 17.0 Å². The lowest BCUT2D eigenvalue weighted by Gasteiger charge is -2.19. The number of nitrogen functional groups attached to an aromatic ring is 2. The molecule has 0 amide bonds. The van der Waals surface area contributed by atoms with Gasteiger partial charge in [-0.1, -0.05) is 0 Å². The highest BCUT2D eigenvalue weighted by molar-refractivity contribution is 5.84. The fourth-order valence-electron chi connectivity index (χ4n) is 1.91. The van der Waals surface area contributed by atoms with Gasteiger partial charge in [-0.2, -0.15) is 9.97 Å². The quantitative estimate of drug-likeness (QED) is 0.601. The summed E-state index contributed by atoms with van der Waals surface area (Å²) in [5.74, 6) is 0.220. The fourth-order valence-corrected chi connectivity index (χ4v) is 1.91. The van der Waals surface area contributed by atoms with Gasteiger partial charge in [0.05, 0.1) is 13.2 Å². The number of nitrogens with zero attached hydrogens (tertiary/aromatic N) is 4. The Bertz CT molecular complexity index is 665. The van der Waals surface area contributed by atoms with Crippen molar-refractivity contribution in [1.29, 1.82) is 0 Å². The van der Waals surface area contributed by atoms with E-state index in [2.05, 4.69) is 15.0 Å². The van der Waals surface area contributed by atoms with E-state index in [4.69, 9.17) is 25.7 Å². The van der Waals surface area contributed by atoms with Gasteiger partial charge in [0, 0.05) is 14.2 Å². The number of fused-ring (bicyclic) bond motifs is 1. The first-order valence-electron chi connectivity index (χ1n) is 6.36. The minimum absolute atomic E-state index is 0.00521. The molecule has 0 bridgehead atoms. The molecule has 2 aromatic rings. The van der Waals surface area contributed by atoms with Crippen LogP contribution in [0.5, 0.6) is 0 Å². The van der Waals surface area contributed by atoms with Crippen LogP contribution in [-0.4, -0.2) is 58.2 Å². The molecule has 0 spiro atoms. The average molecular weight is 310 g/mol. The third-order valence-electron chi connectivity index (χ3n) is 2.78. The zero-order valence-electron chi connectivity index (χ0n) is 12.3. The number of aliphatic hydroxyl groups is 1. The molecule has 0 aliphatic heterocycles. The van der Waals surface area contributed by atoms with E-state index in [0.29, 0.717) is 11.2 Å². The molecule has 10 nitrogen and oxygen atoms in total. The molecule has 120 valence electrons. The van der Waals surface area contributed by atoms with E-state index < -0.39 is 6.10 Å². The first kappa shape index (κ1) is 15.8. The number of anilines is 2. The molecule has 0 saturated heterocycles. The van der Waals surface area contributed by atoms with Gasteiger partial charge in [0.1, 0.15) is 18.7 Å². The molecule has 0 saturated carbocycles. The first-order chi connectivity index (χ1) is 10.6. The number of nitrogens with two attached hydrogens (primary N) is 2. The summed E-state index contributed by atoms with van der Waals surface area (Å²) in [6.45, 7) is 0.550. The Labute approximate surface area is 126 Å². The van der Waals surface area contributed by atoms with Crippen molar-refractivity contribution >= 4 is 28.8 Å². The molecule has 2 heterocycles. The number of rotatable bonds is 7. The zero-order chi connectivity index (χ0) is 16.1. The topological polar surface area (TPSA) is 144 Å². The number of hydrogen-bond donors (Lipinski definition) is 3. The molecule has 0 radical (unpaired) electrons. The molecular weight excluding hydrogens is 292 g/mol. The Morgan fingerprint density at radius 3 is 2.59 bits per heavy atom. The van der Waals surface area contributed by atoms with Crippen molar-refractivity contribution in [3.05, 3.63) is 12.6 Å². The summed E-state index contributed by atoms with van der Waals surface area (Å²) < 4.78 is 17.1. The van der Waals surface area contributed by atoms with Crippen molar-refractivity contribution < 1.29 is 19.3 Å². The summed E-state index contributed by atoms with van der Waals surface area (Å²) in [6, 6.07) is 0. The van der Waals surface area contributed by atoms with Crippen LogP contribution in [0.4, 0.5) is 11.8 Å². The second kappa shape index (κ2) is 6.91. The third kappa shape index (κ3) is 3.18. The summed E-state index contributed by atoms with van der Waals surface area (Å²) in [4.78, 5) is 12.0. The predicted molar refractivity (Wildman–Crippen MR) is 79.7 cm³/mol. The van der Waals surface area contributed by atoms with Gasteiger partial charge in [-0.15, -0.1) is 0 Å². The van der Waals surface area contributed by atoms with Gasteiger partial charge < -0.3 is 30.8 Å². The van der Waals surface area contributed by atoms with E-state index in [9.17, 15) is 5.11 Å². The first-order valence-corrected chi connectivity index (χ1v) is 6.36. The zero-order valence-corrected chi connectivity index (χ0v) is 12.3. The lowest BCUT2D eigenvalue weighted by molar-refractivity contribution is 0.00434. The van der Waals surface area contributed by atoms with E-state index in [1.165, 1.54) is 25.1 Å². The maximum absolute atomic E-state index is 9.46. The smallest absolute Gasteiger partial charge is 0.236 e. The highest BCUT2D eigenvalue weighted by Gasteiger charge is 2.18. The minimum atomic E-state index is -0.428. The van der Waals surface area contributed by atoms with Gasteiger partial charge in [0.25, 0.3) is 0 Å². The molecule has 0 aliphatic carbocycles. The Morgan fingerprint density at radius 2 is 2.00 bits per heavy atom. The number of aliphatic hydroxyl groups excluding tert-OH is 1. The van der Waals surface area contributed by atoms with Gasteiger partial charge in [-0.3, -0.25) is 4.57 Å². The third-order valence-corrected chi connectivity index (χ3v) is 2.78. The van der Waals surface area contributed by atoms with E-state index in [-0.39, 0.29) is 30.9 Å². The van der Waals surface area contributed by atoms with Gasteiger partial charge in [-0.05, 0) is 0 Å². The van der Waals surface area contributed by atoms with Crippen molar-refractivity contribution in [2.75, 3.05) is 38.9 Å². The maximum Gasteiger partial charge on any atom is 0.236 e. The Hall–Kier alpha value is -2.59. The predicted octanol–water partition coefficient (Wildman–Crippen LogP) is -0.0174. The highest BCUT2D eigenvalue weighted by atomic mass is 16.6. The van der Waals surface area contributed by atoms with E-state index >= 15 is 0 Å². The van der Waals surface area contributed by atoms with Crippen LogP contribution in [0, 0.1) is 0 Å². The van der Waals surface area contributed by atoms with Crippen LogP contribution in [0.1, 0.15) is 0 Å². The van der Waals surface area contributed by atoms with Gasteiger partial charge in [0.2, 0.25) is 11.8 Å². The second-order valence-corrected chi connectivity index (χ2v) is 4.37. The van der Waals surface area contributed by atoms with Crippen LogP contribution in [0.3, 0.4) is 0 Å². The summed E-state index contributed by atoms with van der Waals surface area (Å²) in [7, 11) is 3.07. The van der Waals surface area contributed by atoms with E-state index in [1.54, 1.807) is 0 Å². The fraction of sp³-hybridized carbons (Fsp3) is 0.417. The summed E-state index contributed by atoms with van der Waals surface area (Å²) in [5, 5.41) is 9.46. The highest BCUT2D eigenvalue weighted by Crippen LogP contribution is 2.21. The summed E-state index contributed by atoms with van der Waals surface area (Å²) in [5.41, 5.74) is 12.0. The molecule has 5 N–H and O–H groups in total.